The summed E-state index contributed by atoms with van der Waals surface area (Å²) in [6.07, 6.45) is 5.99. The van der Waals surface area contributed by atoms with E-state index in [1.54, 1.807) is 0 Å². The Morgan fingerprint density at radius 2 is 2.00 bits per heavy atom. The van der Waals surface area contributed by atoms with E-state index in [1.807, 2.05) is 24.4 Å². The summed E-state index contributed by atoms with van der Waals surface area (Å²) >= 11 is 1.47. The number of hydrogen-bond acceptors (Lipinski definition) is 7. The van der Waals surface area contributed by atoms with Crippen LogP contribution in [0.1, 0.15) is 34.7 Å². The number of carbonyl (C=O) groups excluding carboxylic acids is 1. The fourth-order valence-electron chi connectivity index (χ4n) is 4.52. The zero-order valence-corrected chi connectivity index (χ0v) is 19.8. The Bertz CT molecular complexity index is 1070. The molecule has 0 bridgehead atoms. The molecule has 0 saturated carbocycles. The fourth-order valence-corrected chi connectivity index (χ4v) is 5.32. The van der Waals surface area contributed by atoms with Gasteiger partial charge in [-0.05, 0) is 48.9 Å². The number of benzene rings is 2. The molecular formula is C25H30N6OS. The third-order valence-corrected chi connectivity index (χ3v) is 7.52. The van der Waals surface area contributed by atoms with Crippen molar-refractivity contribution in [1.82, 2.24) is 26.1 Å². The lowest BCUT2D eigenvalue weighted by molar-refractivity contribution is -0.118. The van der Waals surface area contributed by atoms with Crippen LogP contribution in [0.5, 0.6) is 0 Å². The van der Waals surface area contributed by atoms with Crippen LogP contribution in [0.25, 0.3) is 0 Å². The van der Waals surface area contributed by atoms with Crippen molar-refractivity contribution in [2.75, 3.05) is 12.3 Å². The molecule has 0 spiro atoms. The molecule has 1 amide bonds. The number of nitrogens with zero attached hydrogens (tertiary/aromatic N) is 3. The monoisotopic (exact) mass is 462 g/mol. The number of nitrogens with one attached hydrogen (secondary N) is 3. The summed E-state index contributed by atoms with van der Waals surface area (Å²) in [6, 6.07) is 17.4. The standard InChI is InChI=1S/C25H30N6OS/c1-17-8-9-20(14-18(17)2)21-15-22-24-27-28-25(30(24)12-13-31(22)29-21)33-16-23(32)26-11-10-19-6-4-3-5-7-19/h3-9,12-14,21-22,24,27,29H,10-11,15-16H2,1-2H3,(H,26,32). The Kier molecular flexibility index (Phi) is 6.28. The number of amides is 1. The van der Waals surface area contributed by atoms with Crippen LogP contribution in [0, 0.1) is 13.8 Å². The first-order chi connectivity index (χ1) is 16.1. The molecule has 7 nitrogen and oxygen atoms in total. The molecule has 172 valence electrons. The zero-order valence-electron chi connectivity index (χ0n) is 19.0. The van der Waals surface area contributed by atoms with Crippen LogP contribution in [-0.4, -0.2) is 45.5 Å². The predicted molar refractivity (Wildman–Crippen MR) is 133 cm³/mol. The van der Waals surface area contributed by atoms with Crippen molar-refractivity contribution >= 4 is 22.8 Å². The molecule has 3 N–H and O–H groups in total. The number of hydrazone groups is 1. The highest BCUT2D eigenvalue weighted by Gasteiger charge is 2.44. The van der Waals surface area contributed by atoms with E-state index in [1.165, 1.54) is 34.0 Å². The summed E-state index contributed by atoms with van der Waals surface area (Å²) in [5.74, 6) is 0.381. The predicted octanol–water partition coefficient (Wildman–Crippen LogP) is 3.00. The van der Waals surface area contributed by atoms with Gasteiger partial charge in [0.25, 0.3) is 0 Å². The van der Waals surface area contributed by atoms with Gasteiger partial charge in [0.15, 0.2) is 5.17 Å². The van der Waals surface area contributed by atoms with Gasteiger partial charge in [-0.2, -0.15) is 5.10 Å². The van der Waals surface area contributed by atoms with E-state index in [0.717, 1.165) is 18.0 Å². The lowest BCUT2D eigenvalue weighted by Crippen LogP contribution is -2.54. The Morgan fingerprint density at radius 3 is 2.82 bits per heavy atom. The summed E-state index contributed by atoms with van der Waals surface area (Å²) in [6.45, 7) is 4.95. The maximum atomic E-state index is 12.3. The average molecular weight is 463 g/mol. The van der Waals surface area contributed by atoms with Crippen LogP contribution in [0.2, 0.25) is 0 Å². The summed E-state index contributed by atoms with van der Waals surface area (Å²) < 4.78 is 0. The maximum absolute atomic E-state index is 12.3. The summed E-state index contributed by atoms with van der Waals surface area (Å²) in [7, 11) is 0. The molecule has 8 heteroatoms. The van der Waals surface area contributed by atoms with Crippen molar-refractivity contribution in [2.45, 2.75) is 44.9 Å². The Morgan fingerprint density at radius 1 is 1.15 bits per heavy atom. The van der Waals surface area contributed by atoms with Crippen LogP contribution in [0.3, 0.4) is 0 Å². The van der Waals surface area contributed by atoms with E-state index < -0.39 is 0 Å². The number of rotatable bonds is 6. The first-order valence-corrected chi connectivity index (χ1v) is 12.4. The summed E-state index contributed by atoms with van der Waals surface area (Å²) in [4.78, 5) is 14.5. The van der Waals surface area contributed by atoms with Crippen LogP contribution in [-0.2, 0) is 11.2 Å². The number of thioether (sulfide) groups is 1. The van der Waals surface area contributed by atoms with E-state index in [-0.39, 0.29) is 24.2 Å². The molecule has 0 radical (unpaired) electrons. The van der Waals surface area contributed by atoms with E-state index in [9.17, 15) is 4.79 Å². The minimum atomic E-state index is 0.0297. The summed E-state index contributed by atoms with van der Waals surface area (Å²) in [5, 5.41) is 10.6. The van der Waals surface area contributed by atoms with E-state index >= 15 is 0 Å². The molecule has 3 aliphatic heterocycles. The summed E-state index contributed by atoms with van der Waals surface area (Å²) in [5.41, 5.74) is 12.1. The minimum Gasteiger partial charge on any atom is -0.355 e. The molecule has 3 atom stereocenters. The van der Waals surface area contributed by atoms with Crippen LogP contribution >= 0.6 is 11.8 Å². The van der Waals surface area contributed by atoms with Gasteiger partial charge in [-0.1, -0.05) is 60.3 Å². The van der Waals surface area contributed by atoms with Crippen molar-refractivity contribution in [3.05, 3.63) is 83.2 Å². The van der Waals surface area contributed by atoms with E-state index in [4.69, 9.17) is 0 Å². The van der Waals surface area contributed by atoms with Gasteiger partial charge >= 0.3 is 0 Å². The lowest BCUT2D eigenvalue weighted by atomic mass is 9.97. The van der Waals surface area contributed by atoms with Crippen molar-refractivity contribution in [3.63, 3.8) is 0 Å². The van der Waals surface area contributed by atoms with Gasteiger partial charge < -0.3 is 15.2 Å². The highest BCUT2D eigenvalue weighted by Crippen LogP contribution is 2.35. The largest absolute Gasteiger partial charge is 0.355 e. The molecule has 0 aliphatic carbocycles. The molecule has 3 aliphatic rings. The molecule has 33 heavy (non-hydrogen) atoms. The van der Waals surface area contributed by atoms with Crippen molar-refractivity contribution in [3.8, 4) is 0 Å². The highest BCUT2D eigenvalue weighted by atomic mass is 32.2. The van der Waals surface area contributed by atoms with Crippen LogP contribution in [0.4, 0.5) is 0 Å². The van der Waals surface area contributed by atoms with Gasteiger partial charge in [0.05, 0.1) is 17.8 Å². The topological polar surface area (TPSA) is 72.0 Å². The van der Waals surface area contributed by atoms with Gasteiger partial charge in [0.2, 0.25) is 5.91 Å². The number of hydrazine groups is 1. The average Bonchev–Trinajstić information content (AvgIpc) is 3.44. The molecular weight excluding hydrogens is 432 g/mol. The molecule has 3 unspecified atom stereocenters. The van der Waals surface area contributed by atoms with Crippen molar-refractivity contribution in [2.24, 2.45) is 5.10 Å². The highest BCUT2D eigenvalue weighted by molar-refractivity contribution is 8.14. The molecule has 0 aromatic heterocycles. The Balaban J connectivity index is 1.12. The van der Waals surface area contributed by atoms with Gasteiger partial charge in [-0.25, -0.2) is 5.43 Å². The van der Waals surface area contributed by atoms with Crippen LogP contribution < -0.4 is 16.2 Å². The first-order valence-electron chi connectivity index (χ1n) is 11.4. The third kappa shape index (κ3) is 4.72. The Hall–Kier alpha value is -2.97. The van der Waals surface area contributed by atoms with E-state index in [2.05, 4.69) is 81.6 Å². The fraction of sp³-hybridized carbons (Fsp3) is 0.360. The lowest BCUT2D eigenvalue weighted by Gasteiger charge is -2.36. The van der Waals surface area contributed by atoms with Crippen molar-refractivity contribution < 1.29 is 4.79 Å². The second kappa shape index (κ2) is 9.49. The van der Waals surface area contributed by atoms with Gasteiger partial charge in [-0.15, -0.1) is 0 Å². The quantitative estimate of drug-likeness (QED) is 0.613. The number of carbonyl (C=O) groups is 1. The normalized spacial score (nSPS) is 23.1. The molecule has 2 aromatic rings. The number of aryl methyl sites for hydroxylation is 2. The van der Waals surface area contributed by atoms with Gasteiger partial charge in [-0.3, -0.25) is 10.2 Å². The maximum Gasteiger partial charge on any atom is 0.230 e. The second-order valence-corrected chi connectivity index (χ2v) is 9.73. The van der Waals surface area contributed by atoms with Crippen LogP contribution in [0.15, 0.2) is 66.0 Å². The molecule has 2 aromatic carbocycles. The molecule has 1 saturated heterocycles. The number of fused-ring (bicyclic) bond motifs is 3. The number of hydrogen-bond donors (Lipinski definition) is 3. The smallest absolute Gasteiger partial charge is 0.230 e. The SMILES string of the molecule is Cc1ccc(C2CC3C4NN=C(SCC(=O)NCCc5ccccc5)N4C=CN3N2)cc1C. The molecule has 3 heterocycles. The van der Waals surface area contributed by atoms with Gasteiger partial charge in [0.1, 0.15) is 6.17 Å². The Labute approximate surface area is 199 Å². The number of amidine groups is 1. The molecule has 1 fully saturated rings. The zero-order chi connectivity index (χ0) is 22.8. The van der Waals surface area contributed by atoms with E-state index in [0.29, 0.717) is 12.3 Å². The first kappa shape index (κ1) is 21.9. The molecule has 5 rings (SSSR count). The van der Waals surface area contributed by atoms with Gasteiger partial charge in [0, 0.05) is 18.9 Å². The third-order valence-electron chi connectivity index (χ3n) is 6.55. The van der Waals surface area contributed by atoms with Crippen molar-refractivity contribution in [1.29, 1.82) is 0 Å². The minimum absolute atomic E-state index is 0.0297. The second-order valence-electron chi connectivity index (χ2n) is 8.78.